The van der Waals surface area contributed by atoms with Crippen LogP contribution in [0.5, 0.6) is 0 Å². The van der Waals surface area contributed by atoms with Crippen LogP contribution in [0.2, 0.25) is 0 Å². The van der Waals surface area contributed by atoms with Gasteiger partial charge in [0.15, 0.2) is 0 Å². The van der Waals surface area contributed by atoms with Crippen LogP contribution in [0.25, 0.3) is 0 Å². The Morgan fingerprint density at radius 1 is 0.682 bits per heavy atom. The Hall–Kier alpha value is -1.41. The minimum absolute atomic E-state index is 0.149. The highest BCUT2D eigenvalue weighted by Gasteiger charge is 2.81. The fourth-order valence-electron chi connectivity index (χ4n) is 1.72. The van der Waals surface area contributed by atoms with Crippen LogP contribution in [-0.2, 0) is 6.42 Å². The van der Waals surface area contributed by atoms with Gasteiger partial charge in [-0.1, -0.05) is 30.3 Å². The molecule has 126 valence electrons. The van der Waals surface area contributed by atoms with Gasteiger partial charge in [0.1, 0.15) is 0 Å². The van der Waals surface area contributed by atoms with Crippen molar-refractivity contribution in [1.29, 1.82) is 0 Å². The van der Waals surface area contributed by atoms with Crippen molar-refractivity contribution in [2.45, 2.75) is 43.2 Å². The van der Waals surface area contributed by atoms with Crippen LogP contribution in [0.4, 0.5) is 39.5 Å². The first-order valence-corrected chi connectivity index (χ1v) is 6.07. The topological polar surface area (TPSA) is 0 Å². The van der Waals surface area contributed by atoms with E-state index in [1.807, 2.05) is 0 Å². The molecule has 0 radical (unpaired) electrons. The van der Waals surface area contributed by atoms with Crippen molar-refractivity contribution in [2.24, 2.45) is 0 Å². The molecule has 0 aromatic heterocycles. The second kappa shape index (κ2) is 6.00. The highest BCUT2D eigenvalue weighted by molar-refractivity contribution is 5.14. The minimum atomic E-state index is -6.81. The number of benzene rings is 1. The molecule has 0 saturated heterocycles. The van der Waals surface area contributed by atoms with Crippen LogP contribution in [0, 0.1) is 0 Å². The lowest BCUT2D eigenvalue weighted by atomic mass is 9.97. The molecule has 0 nitrogen and oxygen atoms in total. The molecule has 0 amide bonds. The maximum Gasteiger partial charge on any atom is 0.460 e. The van der Waals surface area contributed by atoms with Crippen molar-refractivity contribution in [3.05, 3.63) is 35.9 Å². The van der Waals surface area contributed by atoms with Gasteiger partial charge in [-0.2, -0.15) is 39.5 Å². The van der Waals surface area contributed by atoms with Gasteiger partial charge < -0.3 is 0 Å². The minimum Gasteiger partial charge on any atom is -0.200 e. The molecule has 22 heavy (non-hydrogen) atoms. The fourth-order valence-corrected chi connectivity index (χ4v) is 1.72. The normalized spacial score (nSPS) is 14.2. The zero-order chi connectivity index (χ0) is 17.2. The SMILES string of the molecule is FC(F)(F)C(F)(F)C(F)(F)C(F)(F)CCCc1ccccc1. The van der Waals surface area contributed by atoms with Crippen LogP contribution in [0.1, 0.15) is 18.4 Å². The summed E-state index contributed by atoms with van der Waals surface area (Å²) in [6.07, 6.45) is -9.37. The number of halogens is 9. The monoisotopic (exact) mass is 338 g/mol. The van der Waals surface area contributed by atoms with E-state index in [1.165, 1.54) is 12.1 Å². The maximum atomic E-state index is 13.2. The highest BCUT2D eigenvalue weighted by Crippen LogP contribution is 2.54. The number of aryl methyl sites for hydroxylation is 1. The molecule has 0 heterocycles. The molecule has 0 aliphatic rings. The zero-order valence-electron chi connectivity index (χ0n) is 10.9. The zero-order valence-corrected chi connectivity index (χ0v) is 10.9. The Bertz CT molecular complexity index is 476. The summed E-state index contributed by atoms with van der Waals surface area (Å²) in [5.41, 5.74) is 0.476. The molecule has 1 aromatic rings. The van der Waals surface area contributed by atoms with Gasteiger partial charge in [0, 0.05) is 6.42 Å². The third-order valence-corrected chi connectivity index (χ3v) is 3.01. The molecule has 0 aliphatic heterocycles. The third kappa shape index (κ3) is 3.49. The van der Waals surface area contributed by atoms with Crippen LogP contribution in [0.15, 0.2) is 30.3 Å². The predicted octanol–water partition coefficient (Wildman–Crippen LogP) is 5.48. The van der Waals surface area contributed by atoms with Gasteiger partial charge in [0.25, 0.3) is 0 Å². The standard InChI is InChI=1S/C13H11F9/c14-10(15,8-4-7-9-5-2-1-3-6-9)11(16,17)12(18,19)13(20,21)22/h1-3,5-6H,4,7-8H2. The lowest BCUT2D eigenvalue weighted by Crippen LogP contribution is -2.60. The number of hydrogen-bond donors (Lipinski definition) is 0. The van der Waals surface area contributed by atoms with Gasteiger partial charge >= 0.3 is 23.9 Å². The van der Waals surface area contributed by atoms with Crippen molar-refractivity contribution in [1.82, 2.24) is 0 Å². The third-order valence-electron chi connectivity index (χ3n) is 3.01. The summed E-state index contributed by atoms with van der Waals surface area (Å²) in [7, 11) is 0. The summed E-state index contributed by atoms with van der Waals surface area (Å²) in [4.78, 5) is 0. The summed E-state index contributed by atoms with van der Waals surface area (Å²) in [6, 6.07) is 7.66. The van der Waals surface area contributed by atoms with E-state index in [9.17, 15) is 39.5 Å². The van der Waals surface area contributed by atoms with E-state index >= 15 is 0 Å². The Morgan fingerprint density at radius 3 is 1.64 bits per heavy atom. The first kappa shape index (κ1) is 18.6. The molecule has 0 N–H and O–H groups in total. The summed E-state index contributed by atoms with van der Waals surface area (Å²) in [5.74, 6) is -18.8. The van der Waals surface area contributed by atoms with E-state index in [-0.39, 0.29) is 6.42 Å². The van der Waals surface area contributed by atoms with E-state index in [1.54, 1.807) is 18.2 Å². The molecule has 0 saturated carbocycles. The van der Waals surface area contributed by atoms with Gasteiger partial charge in [0.05, 0.1) is 0 Å². The maximum absolute atomic E-state index is 13.2. The Balaban J connectivity index is 2.79. The molecular formula is C13H11F9. The van der Waals surface area contributed by atoms with Gasteiger partial charge in [-0.05, 0) is 18.4 Å². The fraction of sp³-hybridized carbons (Fsp3) is 0.538. The van der Waals surface area contributed by atoms with Gasteiger partial charge in [-0.15, -0.1) is 0 Å². The number of hydrogen-bond acceptors (Lipinski definition) is 0. The molecular weight excluding hydrogens is 327 g/mol. The van der Waals surface area contributed by atoms with Crippen molar-refractivity contribution in [2.75, 3.05) is 0 Å². The summed E-state index contributed by atoms with van der Waals surface area (Å²) in [6.45, 7) is 0. The number of alkyl halides is 9. The van der Waals surface area contributed by atoms with Gasteiger partial charge in [-0.25, -0.2) is 0 Å². The number of rotatable bonds is 6. The average Bonchev–Trinajstić information content (AvgIpc) is 2.38. The lowest BCUT2D eigenvalue weighted by molar-refractivity contribution is -0.396. The Morgan fingerprint density at radius 2 is 1.18 bits per heavy atom. The molecule has 0 unspecified atom stereocenters. The lowest BCUT2D eigenvalue weighted by Gasteiger charge is -2.33. The first-order chi connectivity index (χ1) is 9.83. The molecule has 0 fully saturated rings. The van der Waals surface area contributed by atoms with Crippen molar-refractivity contribution in [3.8, 4) is 0 Å². The quantitative estimate of drug-likeness (QED) is 0.603. The molecule has 1 rings (SSSR count). The average molecular weight is 338 g/mol. The van der Waals surface area contributed by atoms with E-state index in [0.717, 1.165) is 0 Å². The highest BCUT2D eigenvalue weighted by atomic mass is 19.4. The van der Waals surface area contributed by atoms with Crippen molar-refractivity contribution >= 4 is 0 Å². The summed E-state index contributed by atoms with van der Waals surface area (Å²) >= 11 is 0. The molecule has 1 aromatic carbocycles. The molecule has 0 bridgehead atoms. The molecule has 0 aliphatic carbocycles. The molecule has 0 spiro atoms. The molecule has 9 heteroatoms. The van der Waals surface area contributed by atoms with Crippen LogP contribution >= 0.6 is 0 Å². The summed E-state index contributed by atoms with van der Waals surface area (Å²) < 4.78 is 113. The van der Waals surface area contributed by atoms with Crippen molar-refractivity contribution < 1.29 is 39.5 Å². The van der Waals surface area contributed by atoms with Crippen LogP contribution in [-0.4, -0.2) is 23.9 Å². The van der Waals surface area contributed by atoms with Crippen molar-refractivity contribution in [3.63, 3.8) is 0 Å². The van der Waals surface area contributed by atoms with E-state index in [4.69, 9.17) is 0 Å². The van der Waals surface area contributed by atoms with E-state index < -0.39 is 36.8 Å². The Labute approximate surface area is 119 Å². The second-order valence-electron chi connectivity index (χ2n) is 4.69. The predicted molar refractivity (Wildman–Crippen MR) is 60.3 cm³/mol. The summed E-state index contributed by atoms with van der Waals surface area (Å²) in [5, 5.41) is 0. The second-order valence-corrected chi connectivity index (χ2v) is 4.69. The van der Waals surface area contributed by atoms with Crippen LogP contribution < -0.4 is 0 Å². The van der Waals surface area contributed by atoms with Crippen LogP contribution in [0.3, 0.4) is 0 Å². The van der Waals surface area contributed by atoms with Gasteiger partial charge in [0.2, 0.25) is 0 Å². The van der Waals surface area contributed by atoms with E-state index in [0.29, 0.717) is 5.56 Å². The van der Waals surface area contributed by atoms with Gasteiger partial charge in [-0.3, -0.25) is 0 Å². The Kier molecular flexibility index (Phi) is 5.08. The smallest absolute Gasteiger partial charge is 0.200 e. The largest absolute Gasteiger partial charge is 0.460 e. The molecule has 0 atom stereocenters. The van der Waals surface area contributed by atoms with E-state index in [2.05, 4.69) is 0 Å². The first-order valence-electron chi connectivity index (χ1n) is 6.07.